The summed E-state index contributed by atoms with van der Waals surface area (Å²) in [6.07, 6.45) is 10.8. The molecule has 3 atom stereocenters. The predicted molar refractivity (Wildman–Crippen MR) is 127 cm³/mol. The molecule has 0 saturated carbocycles. The molecule has 0 radical (unpaired) electrons. The first-order chi connectivity index (χ1) is 17.1. The molecule has 0 bridgehead atoms. The zero-order chi connectivity index (χ0) is 24.2. The Morgan fingerprint density at radius 3 is 2.74 bits per heavy atom. The van der Waals surface area contributed by atoms with Crippen molar-refractivity contribution in [1.82, 2.24) is 15.4 Å². The van der Waals surface area contributed by atoms with Crippen molar-refractivity contribution < 1.29 is 28.7 Å². The van der Waals surface area contributed by atoms with Gasteiger partial charge in [-0.2, -0.15) is 4.73 Å². The number of hydrogen-bond donors (Lipinski definition) is 2. The molecule has 1 unspecified atom stereocenters. The van der Waals surface area contributed by atoms with Gasteiger partial charge in [-0.25, -0.2) is 9.59 Å². The van der Waals surface area contributed by atoms with Crippen LogP contribution in [0, 0.1) is 0 Å². The van der Waals surface area contributed by atoms with Crippen LogP contribution >= 0.6 is 0 Å². The van der Waals surface area contributed by atoms with Gasteiger partial charge in [0.05, 0.1) is 5.52 Å². The summed E-state index contributed by atoms with van der Waals surface area (Å²) in [7, 11) is 0. The summed E-state index contributed by atoms with van der Waals surface area (Å²) in [4.78, 5) is 41.9. The number of nitrogens with one attached hydrogen (secondary N) is 2. The number of rotatable bonds is 6. The lowest BCUT2D eigenvalue weighted by Gasteiger charge is -2.36. The van der Waals surface area contributed by atoms with Crippen LogP contribution in [-0.4, -0.2) is 54.6 Å². The van der Waals surface area contributed by atoms with E-state index in [2.05, 4.69) is 16.7 Å². The number of carbonyl (C=O) groups excluding carboxylic acids is 3. The maximum Gasteiger partial charge on any atom is 0.356 e. The second-order valence-electron chi connectivity index (χ2n) is 9.38. The van der Waals surface area contributed by atoms with Crippen LogP contribution in [0.4, 0.5) is 0 Å². The zero-order valence-corrected chi connectivity index (χ0v) is 19.7. The number of benzene rings is 1. The van der Waals surface area contributed by atoms with E-state index in [1.165, 1.54) is 10.3 Å². The molecule has 2 aliphatic heterocycles. The maximum absolute atomic E-state index is 12.4. The van der Waals surface area contributed by atoms with Crippen LogP contribution in [0.15, 0.2) is 36.5 Å². The van der Waals surface area contributed by atoms with Crippen LogP contribution in [0.5, 0.6) is 0 Å². The van der Waals surface area contributed by atoms with E-state index in [4.69, 9.17) is 14.3 Å². The van der Waals surface area contributed by atoms with Crippen molar-refractivity contribution >= 4 is 28.8 Å². The summed E-state index contributed by atoms with van der Waals surface area (Å²) in [6.45, 7) is 1.29. The third-order valence-corrected chi connectivity index (χ3v) is 7.12. The van der Waals surface area contributed by atoms with Gasteiger partial charge in [0.1, 0.15) is 6.04 Å². The molecule has 2 N–H and O–H groups in total. The lowest BCUT2D eigenvalue weighted by Crippen LogP contribution is -2.43. The van der Waals surface area contributed by atoms with E-state index in [1.807, 2.05) is 18.3 Å². The summed E-state index contributed by atoms with van der Waals surface area (Å²) < 4.78 is 11.4. The Morgan fingerprint density at radius 1 is 0.971 bits per heavy atom. The highest BCUT2D eigenvalue weighted by molar-refractivity contribution is 5.93. The number of hydrogen-bond acceptors (Lipinski definition) is 8. The summed E-state index contributed by atoms with van der Waals surface area (Å²) in [5.74, 6) is -1.47. The standard InChI is InChI=1S/C26H31N3O6/c30-23(33-16-34-26(32)20-8-2-1-3-12-27-20)10-11-24(31)35-29-15-17-14-21-18(7-5-13-28-21)19-6-4-9-22(29)25(17)19/h4,6,9-11,15,18,20-21,27-28H,1-3,5,7-8,12-14,16H2/b11-10-/t18-,20?,21-/m1/s1. The van der Waals surface area contributed by atoms with Crippen LogP contribution in [0.25, 0.3) is 10.9 Å². The van der Waals surface area contributed by atoms with E-state index in [1.54, 1.807) is 0 Å². The first-order valence-corrected chi connectivity index (χ1v) is 12.4. The van der Waals surface area contributed by atoms with Gasteiger partial charge in [0, 0.05) is 35.7 Å². The fourth-order valence-electron chi connectivity index (χ4n) is 5.47. The van der Waals surface area contributed by atoms with Gasteiger partial charge in [-0.15, -0.1) is 0 Å². The fraction of sp³-hybridized carbons (Fsp3) is 0.500. The molecular formula is C26H31N3O6. The molecule has 1 aromatic heterocycles. The SMILES string of the molecule is O=C(/C=C\C(=O)On1cc2c3c(cccc31)[C@H]1CCCN[C@@H]1C2)OCOC(=O)C1CCCCCN1. The Labute approximate surface area is 203 Å². The van der Waals surface area contributed by atoms with Crippen molar-refractivity contribution in [2.75, 3.05) is 19.9 Å². The van der Waals surface area contributed by atoms with Gasteiger partial charge in [0.15, 0.2) is 0 Å². The van der Waals surface area contributed by atoms with Gasteiger partial charge in [-0.3, -0.25) is 4.79 Å². The Morgan fingerprint density at radius 2 is 1.83 bits per heavy atom. The Balaban J connectivity index is 1.15. The van der Waals surface area contributed by atoms with Gasteiger partial charge in [-0.05, 0) is 62.4 Å². The van der Waals surface area contributed by atoms with Crippen molar-refractivity contribution in [2.45, 2.75) is 62.9 Å². The maximum atomic E-state index is 12.4. The van der Waals surface area contributed by atoms with E-state index < -0.39 is 24.7 Å². The third-order valence-electron chi connectivity index (χ3n) is 7.12. The average Bonchev–Trinajstić information content (AvgIpc) is 3.04. The second kappa shape index (κ2) is 10.6. The van der Waals surface area contributed by atoms with Gasteiger partial charge in [-0.1, -0.05) is 25.0 Å². The normalized spacial score (nSPS) is 23.9. The van der Waals surface area contributed by atoms with E-state index in [0.717, 1.165) is 80.2 Å². The number of carbonyl (C=O) groups is 3. The smallest absolute Gasteiger partial charge is 0.356 e. The van der Waals surface area contributed by atoms with E-state index in [-0.39, 0.29) is 6.04 Å². The van der Waals surface area contributed by atoms with Gasteiger partial charge >= 0.3 is 17.9 Å². The molecular weight excluding hydrogens is 450 g/mol. The van der Waals surface area contributed by atoms with E-state index in [0.29, 0.717) is 18.4 Å². The Kier molecular flexibility index (Phi) is 7.15. The van der Waals surface area contributed by atoms with Crippen molar-refractivity contribution in [3.05, 3.63) is 47.7 Å². The van der Waals surface area contributed by atoms with Gasteiger partial charge < -0.3 is 24.9 Å². The number of fused-ring (bicyclic) bond motifs is 2. The molecule has 1 aliphatic carbocycles. The highest BCUT2D eigenvalue weighted by Gasteiger charge is 2.33. The minimum atomic E-state index is -0.794. The molecule has 5 rings (SSSR count). The summed E-state index contributed by atoms with van der Waals surface area (Å²) >= 11 is 0. The molecule has 186 valence electrons. The lowest BCUT2D eigenvalue weighted by atomic mass is 9.76. The fourth-order valence-corrected chi connectivity index (χ4v) is 5.47. The monoisotopic (exact) mass is 481 g/mol. The molecule has 2 fully saturated rings. The quantitative estimate of drug-likeness (QED) is 0.367. The topological polar surface area (TPSA) is 108 Å². The number of esters is 2. The molecule has 9 heteroatoms. The molecule has 3 heterocycles. The summed E-state index contributed by atoms with van der Waals surface area (Å²) in [5.41, 5.74) is 3.28. The number of ether oxygens (including phenoxy) is 2. The van der Waals surface area contributed by atoms with Crippen LogP contribution in [0.2, 0.25) is 0 Å². The highest BCUT2D eigenvalue weighted by Crippen LogP contribution is 2.41. The molecule has 1 aromatic carbocycles. The predicted octanol–water partition coefficient (Wildman–Crippen LogP) is 2.12. The van der Waals surface area contributed by atoms with Gasteiger partial charge in [0.25, 0.3) is 0 Å². The van der Waals surface area contributed by atoms with Crippen molar-refractivity contribution in [2.24, 2.45) is 0 Å². The first kappa shape index (κ1) is 23.6. The van der Waals surface area contributed by atoms with Crippen molar-refractivity contribution in [1.29, 1.82) is 0 Å². The first-order valence-electron chi connectivity index (χ1n) is 12.4. The Bertz CT molecular complexity index is 1130. The summed E-state index contributed by atoms with van der Waals surface area (Å²) in [5, 5.41) is 7.90. The van der Waals surface area contributed by atoms with Crippen molar-refractivity contribution in [3.8, 4) is 0 Å². The molecule has 0 amide bonds. The number of nitrogens with zero attached hydrogens (tertiary/aromatic N) is 1. The second-order valence-corrected chi connectivity index (χ2v) is 9.38. The van der Waals surface area contributed by atoms with Gasteiger partial charge in [0.2, 0.25) is 6.79 Å². The van der Waals surface area contributed by atoms with Crippen LogP contribution in [0.1, 0.15) is 55.6 Å². The average molecular weight is 482 g/mol. The lowest BCUT2D eigenvalue weighted by molar-refractivity contribution is -0.165. The van der Waals surface area contributed by atoms with Crippen LogP contribution in [0.3, 0.4) is 0 Å². The summed E-state index contributed by atoms with van der Waals surface area (Å²) in [6, 6.07) is 6.11. The molecule has 0 spiro atoms. The molecule has 3 aliphatic rings. The van der Waals surface area contributed by atoms with E-state index >= 15 is 0 Å². The zero-order valence-electron chi connectivity index (χ0n) is 19.7. The largest absolute Gasteiger partial charge is 0.427 e. The molecule has 9 nitrogen and oxygen atoms in total. The van der Waals surface area contributed by atoms with E-state index in [9.17, 15) is 14.4 Å². The number of aromatic nitrogens is 1. The number of piperidine rings is 1. The van der Waals surface area contributed by atoms with Crippen LogP contribution < -0.4 is 15.5 Å². The third kappa shape index (κ3) is 5.26. The minimum absolute atomic E-state index is 0.376. The highest BCUT2D eigenvalue weighted by atomic mass is 16.7. The molecule has 35 heavy (non-hydrogen) atoms. The van der Waals surface area contributed by atoms with Crippen molar-refractivity contribution in [3.63, 3.8) is 0 Å². The molecule has 2 aromatic rings. The Hall–Kier alpha value is -3.17. The minimum Gasteiger partial charge on any atom is -0.427 e. The van der Waals surface area contributed by atoms with Crippen LogP contribution in [-0.2, 0) is 30.3 Å². The molecule has 2 saturated heterocycles.